The Morgan fingerprint density at radius 1 is 1.11 bits per heavy atom. The lowest BCUT2D eigenvalue weighted by atomic mass is 10.2. The number of carbonyl (C=O) groups is 1. The third-order valence-electron chi connectivity index (χ3n) is 3.72. The second-order valence-electron chi connectivity index (χ2n) is 5.69. The van der Waals surface area contributed by atoms with Gasteiger partial charge in [0.2, 0.25) is 0 Å². The third-order valence-corrected chi connectivity index (χ3v) is 4.05. The molecule has 0 spiro atoms. The van der Waals surface area contributed by atoms with Crippen LogP contribution in [0.3, 0.4) is 0 Å². The summed E-state index contributed by atoms with van der Waals surface area (Å²) in [6.45, 7) is 1.52. The molecular formula is C19H23ClFIN4O. The first-order valence-electron chi connectivity index (χ1n) is 8.20. The molecule has 2 N–H and O–H groups in total. The van der Waals surface area contributed by atoms with Crippen molar-refractivity contribution in [3.63, 3.8) is 0 Å². The Kier molecular flexibility index (Phi) is 10.1. The predicted molar refractivity (Wildman–Crippen MR) is 118 cm³/mol. The Morgan fingerprint density at radius 3 is 2.37 bits per heavy atom. The zero-order valence-electron chi connectivity index (χ0n) is 15.2. The second kappa shape index (κ2) is 11.8. The summed E-state index contributed by atoms with van der Waals surface area (Å²) in [5.41, 5.74) is 1.43. The first-order valence-corrected chi connectivity index (χ1v) is 8.58. The van der Waals surface area contributed by atoms with Crippen LogP contribution in [0.25, 0.3) is 0 Å². The fourth-order valence-corrected chi connectivity index (χ4v) is 2.64. The maximum absolute atomic E-state index is 13.0. The first-order chi connectivity index (χ1) is 12.5. The molecule has 0 atom stereocenters. The number of halogens is 3. The second-order valence-corrected chi connectivity index (χ2v) is 6.10. The maximum atomic E-state index is 13.0. The molecule has 0 fully saturated rings. The highest BCUT2D eigenvalue weighted by atomic mass is 127. The monoisotopic (exact) mass is 504 g/mol. The predicted octanol–water partition coefficient (Wildman–Crippen LogP) is 3.53. The normalized spacial score (nSPS) is 10.7. The van der Waals surface area contributed by atoms with Gasteiger partial charge >= 0.3 is 0 Å². The maximum Gasteiger partial charge on any atom is 0.252 e. The number of guanidine groups is 1. The van der Waals surface area contributed by atoms with Crippen molar-refractivity contribution in [1.29, 1.82) is 0 Å². The fraction of sp³-hybridized carbons (Fsp3) is 0.263. The van der Waals surface area contributed by atoms with Crippen molar-refractivity contribution < 1.29 is 9.18 Å². The number of aliphatic imine (C=N–C) groups is 1. The molecule has 146 valence electrons. The molecule has 5 nitrogen and oxygen atoms in total. The van der Waals surface area contributed by atoms with Crippen LogP contribution in [-0.4, -0.2) is 44.0 Å². The van der Waals surface area contributed by atoms with Crippen LogP contribution in [0.2, 0.25) is 5.02 Å². The van der Waals surface area contributed by atoms with E-state index in [9.17, 15) is 9.18 Å². The van der Waals surface area contributed by atoms with Gasteiger partial charge in [-0.3, -0.25) is 9.79 Å². The molecule has 0 aliphatic heterocycles. The average molecular weight is 505 g/mol. The van der Waals surface area contributed by atoms with E-state index in [0.29, 0.717) is 36.2 Å². The lowest BCUT2D eigenvalue weighted by Gasteiger charge is -2.22. The van der Waals surface area contributed by atoms with E-state index in [-0.39, 0.29) is 35.7 Å². The lowest BCUT2D eigenvalue weighted by molar-refractivity contribution is 0.0954. The van der Waals surface area contributed by atoms with Crippen molar-refractivity contribution in [2.45, 2.75) is 6.54 Å². The number of nitrogens with one attached hydrogen (secondary N) is 2. The van der Waals surface area contributed by atoms with Gasteiger partial charge in [-0.25, -0.2) is 4.39 Å². The largest absolute Gasteiger partial charge is 0.354 e. The highest BCUT2D eigenvalue weighted by Crippen LogP contribution is 2.14. The number of hydrogen-bond donors (Lipinski definition) is 2. The lowest BCUT2D eigenvalue weighted by Crippen LogP contribution is -2.42. The zero-order chi connectivity index (χ0) is 18.9. The molecule has 2 aromatic rings. The molecule has 8 heteroatoms. The highest BCUT2D eigenvalue weighted by molar-refractivity contribution is 14.0. The number of nitrogens with zero attached hydrogens (tertiary/aromatic N) is 2. The van der Waals surface area contributed by atoms with Crippen molar-refractivity contribution in [3.8, 4) is 0 Å². The molecule has 0 heterocycles. The van der Waals surface area contributed by atoms with Crippen LogP contribution < -0.4 is 10.6 Å². The Labute approximate surface area is 181 Å². The Balaban J connectivity index is 0.00000364. The minimum atomic E-state index is -0.256. The topological polar surface area (TPSA) is 56.7 Å². The number of carbonyl (C=O) groups excluding carboxylic acids is 1. The summed E-state index contributed by atoms with van der Waals surface area (Å²) in [4.78, 5) is 18.2. The van der Waals surface area contributed by atoms with Crippen molar-refractivity contribution in [3.05, 3.63) is 70.5 Å². The molecular weight excluding hydrogens is 482 g/mol. The Morgan fingerprint density at radius 2 is 1.74 bits per heavy atom. The number of rotatable bonds is 6. The van der Waals surface area contributed by atoms with E-state index in [0.717, 1.165) is 5.56 Å². The van der Waals surface area contributed by atoms with Crippen LogP contribution in [-0.2, 0) is 6.54 Å². The van der Waals surface area contributed by atoms with E-state index >= 15 is 0 Å². The minimum absolute atomic E-state index is 0. The summed E-state index contributed by atoms with van der Waals surface area (Å²) in [5, 5.41) is 6.41. The van der Waals surface area contributed by atoms with Gasteiger partial charge in [0.25, 0.3) is 5.91 Å². The molecule has 0 aliphatic rings. The van der Waals surface area contributed by atoms with E-state index in [4.69, 9.17) is 11.6 Å². The van der Waals surface area contributed by atoms with Gasteiger partial charge in [-0.2, -0.15) is 0 Å². The van der Waals surface area contributed by atoms with Gasteiger partial charge < -0.3 is 15.5 Å². The van der Waals surface area contributed by atoms with Crippen LogP contribution in [0.1, 0.15) is 15.9 Å². The van der Waals surface area contributed by atoms with Gasteiger partial charge in [0.1, 0.15) is 5.82 Å². The standard InChI is InChI=1S/C19H22ClFN4O.HI/c1-22-19(25(2)13-14-7-9-15(21)10-8-14)24-12-11-23-18(26)16-5-3-4-6-17(16)20;/h3-10H,11-13H2,1-2H3,(H,22,24)(H,23,26);1H. The molecule has 27 heavy (non-hydrogen) atoms. The number of hydrogen-bond acceptors (Lipinski definition) is 2. The molecule has 2 rings (SSSR count). The average Bonchev–Trinajstić information content (AvgIpc) is 2.63. The van der Waals surface area contributed by atoms with Gasteiger partial charge in [0.05, 0.1) is 10.6 Å². The summed E-state index contributed by atoms with van der Waals surface area (Å²) < 4.78 is 13.0. The highest BCUT2D eigenvalue weighted by Gasteiger charge is 2.09. The SMILES string of the molecule is CN=C(NCCNC(=O)c1ccccc1Cl)N(C)Cc1ccc(F)cc1.I. The number of benzene rings is 2. The quantitative estimate of drug-likeness (QED) is 0.274. The van der Waals surface area contributed by atoms with Crippen molar-refractivity contribution in [1.82, 2.24) is 15.5 Å². The molecule has 0 unspecified atom stereocenters. The van der Waals surface area contributed by atoms with Crippen LogP contribution in [0.5, 0.6) is 0 Å². The molecule has 0 saturated carbocycles. The summed E-state index contributed by atoms with van der Waals surface area (Å²) in [7, 11) is 3.58. The molecule has 2 aromatic carbocycles. The van der Waals surface area contributed by atoms with Crippen LogP contribution in [0.4, 0.5) is 4.39 Å². The summed E-state index contributed by atoms with van der Waals surface area (Å²) in [6.07, 6.45) is 0. The molecule has 0 radical (unpaired) electrons. The summed E-state index contributed by atoms with van der Waals surface area (Å²) in [6, 6.07) is 13.3. The van der Waals surface area contributed by atoms with Crippen LogP contribution >= 0.6 is 35.6 Å². The van der Waals surface area contributed by atoms with E-state index in [2.05, 4.69) is 15.6 Å². The van der Waals surface area contributed by atoms with Gasteiger partial charge in [-0.05, 0) is 29.8 Å². The van der Waals surface area contributed by atoms with E-state index in [1.165, 1.54) is 12.1 Å². The minimum Gasteiger partial charge on any atom is -0.354 e. The molecule has 0 bridgehead atoms. The summed E-state index contributed by atoms with van der Waals surface area (Å²) >= 11 is 6.01. The Bertz CT molecular complexity index is 771. The van der Waals surface area contributed by atoms with Crippen LogP contribution in [0, 0.1) is 5.82 Å². The fourth-order valence-electron chi connectivity index (χ4n) is 2.41. The number of amides is 1. The van der Waals surface area contributed by atoms with Crippen molar-refractivity contribution in [2.75, 3.05) is 27.2 Å². The smallest absolute Gasteiger partial charge is 0.252 e. The van der Waals surface area contributed by atoms with Gasteiger partial charge in [-0.15, -0.1) is 24.0 Å². The molecule has 0 aliphatic carbocycles. The Hall–Kier alpha value is -1.87. The zero-order valence-corrected chi connectivity index (χ0v) is 18.3. The van der Waals surface area contributed by atoms with Crippen molar-refractivity contribution >= 4 is 47.4 Å². The van der Waals surface area contributed by atoms with Gasteiger partial charge in [0, 0.05) is 33.7 Å². The molecule has 1 amide bonds. The van der Waals surface area contributed by atoms with Gasteiger partial charge in [0.15, 0.2) is 5.96 Å². The third kappa shape index (κ3) is 7.34. The molecule has 0 saturated heterocycles. The first kappa shape index (κ1) is 23.2. The van der Waals surface area contributed by atoms with E-state index < -0.39 is 0 Å². The molecule has 0 aromatic heterocycles. The van der Waals surface area contributed by atoms with E-state index in [1.807, 2.05) is 11.9 Å². The van der Waals surface area contributed by atoms with Crippen molar-refractivity contribution in [2.24, 2.45) is 4.99 Å². The van der Waals surface area contributed by atoms with Gasteiger partial charge in [-0.1, -0.05) is 35.9 Å². The summed E-state index contributed by atoms with van der Waals surface area (Å²) in [5.74, 6) is 0.210. The van der Waals surface area contributed by atoms with Crippen LogP contribution in [0.15, 0.2) is 53.5 Å². The van der Waals surface area contributed by atoms with E-state index in [1.54, 1.807) is 43.4 Å².